The van der Waals surface area contributed by atoms with Gasteiger partial charge in [-0.1, -0.05) is 31.2 Å². The summed E-state index contributed by atoms with van der Waals surface area (Å²) in [4.78, 5) is 29.4. The molecule has 0 spiro atoms. The van der Waals surface area contributed by atoms with E-state index in [1.165, 1.54) is 0 Å². The fourth-order valence-electron chi connectivity index (χ4n) is 4.69. The lowest BCUT2D eigenvalue weighted by Gasteiger charge is -2.34. The zero-order chi connectivity index (χ0) is 27.1. The van der Waals surface area contributed by atoms with Crippen LogP contribution < -0.4 is 14.8 Å². The third kappa shape index (κ3) is 6.42. The van der Waals surface area contributed by atoms with E-state index in [1.807, 2.05) is 24.3 Å². The molecule has 0 bridgehead atoms. The van der Waals surface area contributed by atoms with Crippen LogP contribution in [-0.4, -0.2) is 71.7 Å². The van der Waals surface area contributed by atoms with Gasteiger partial charge >= 0.3 is 0 Å². The summed E-state index contributed by atoms with van der Waals surface area (Å²) in [5.41, 5.74) is 2.02. The van der Waals surface area contributed by atoms with Crippen molar-refractivity contribution in [3.8, 4) is 11.5 Å². The minimum atomic E-state index is -0.936. The summed E-state index contributed by atoms with van der Waals surface area (Å²) in [5, 5.41) is 11.4. The van der Waals surface area contributed by atoms with Crippen molar-refractivity contribution >= 4 is 22.8 Å². The van der Waals surface area contributed by atoms with Gasteiger partial charge in [-0.05, 0) is 49.4 Å². The lowest BCUT2D eigenvalue weighted by molar-refractivity contribution is -0.143. The Labute approximate surface area is 223 Å². The number of ether oxygens (including phenoxy) is 3. The highest BCUT2D eigenvalue weighted by atomic mass is 16.5. The zero-order valence-corrected chi connectivity index (χ0v) is 22.6. The van der Waals surface area contributed by atoms with Crippen molar-refractivity contribution in [2.75, 3.05) is 33.9 Å². The van der Waals surface area contributed by atoms with E-state index in [0.717, 1.165) is 24.8 Å². The number of amides is 2. The third-order valence-corrected chi connectivity index (χ3v) is 6.77. The van der Waals surface area contributed by atoms with Crippen molar-refractivity contribution < 1.29 is 23.8 Å². The predicted octanol–water partition coefficient (Wildman–Crippen LogP) is 3.36. The number of aromatic nitrogens is 3. The Morgan fingerprint density at radius 3 is 2.71 bits per heavy atom. The van der Waals surface area contributed by atoms with E-state index >= 15 is 0 Å². The largest absolute Gasteiger partial charge is 0.497 e. The van der Waals surface area contributed by atoms with Crippen molar-refractivity contribution in [3.05, 3.63) is 48.0 Å². The smallest absolute Gasteiger partial charge is 0.247 e. The van der Waals surface area contributed by atoms with Crippen LogP contribution in [0.4, 0.5) is 0 Å². The molecule has 3 aromatic rings. The molecule has 1 aliphatic heterocycles. The first-order valence-electron chi connectivity index (χ1n) is 13.1. The number of para-hydroxylation sites is 1. The maximum atomic E-state index is 14.0. The van der Waals surface area contributed by atoms with Crippen LogP contribution in [0.25, 0.3) is 11.0 Å². The van der Waals surface area contributed by atoms with Crippen molar-refractivity contribution in [2.24, 2.45) is 5.92 Å². The van der Waals surface area contributed by atoms with Gasteiger partial charge in [0.25, 0.3) is 0 Å². The van der Waals surface area contributed by atoms with Gasteiger partial charge in [-0.3, -0.25) is 9.59 Å². The highest BCUT2D eigenvalue weighted by Gasteiger charge is 2.36. The number of hydrogen-bond acceptors (Lipinski definition) is 7. The maximum absolute atomic E-state index is 14.0. The van der Waals surface area contributed by atoms with Crippen LogP contribution in [0.3, 0.4) is 0 Å². The minimum absolute atomic E-state index is 0.0680. The van der Waals surface area contributed by atoms with Gasteiger partial charge in [0, 0.05) is 31.3 Å². The summed E-state index contributed by atoms with van der Waals surface area (Å²) in [6.45, 7) is 5.54. The Morgan fingerprint density at radius 2 is 2.00 bits per heavy atom. The standard InChI is InChI=1S/C28H37N5O5/c1-19(2)13-14-29-28(35)27(22-12-11-20(36-3)16-25(22)37-4)32(17-21-8-7-15-38-21)26(34)18-33-24-10-6-5-9-23(24)30-31-33/h5-6,9-12,16,19,21,27H,7-8,13-15,17-18H2,1-4H3,(H,29,35). The minimum Gasteiger partial charge on any atom is -0.497 e. The molecule has 0 aliphatic carbocycles. The molecule has 1 N–H and O–H groups in total. The molecule has 204 valence electrons. The molecule has 1 aliphatic rings. The molecule has 2 aromatic carbocycles. The first-order chi connectivity index (χ1) is 18.4. The summed E-state index contributed by atoms with van der Waals surface area (Å²) in [6.07, 6.45) is 2.39. The molecule has 0 radical (unpaired) electrons. The van der Waals surface area contributed by atoms with E-state index in [2.05, 4.69) is 29.5 Å². The number of rotatable bonds is 12. The SMILES string of the molecule is COc1ccc(C(C(=O)NCCC(C)C)N(CC2CCCO2)C(=O)Cn2nnc3ccccc32)c(OC)c1. The number of methoxy groups -OCH3 is 2. The molecule has 1 aromatic heterocycles. The van der Waals surface area contributed by atoms with Gasteiger partial charge in [0.1, 0.15) is 29.6 Å². The van der Waals surface area contributed by atoms with E-state index in [1.54, 1.807) is 42.0 Å². The molecule has 2 atom stereocenters. The first-order valence-corrected chi connectivity index (χ1v) is 13.1. The highest BCUT2D eigenvalue weighted by Crippen LogP contribution is 2.34. The van der Waals surface area contributed by atoms with Crippen LogP contribution in [0.1, 0.15) is 44.7 Å². The van der Waals surface area contributed by atoms with E-state index in [4.69, 9.17) is 14.2 Å². The molecule has 2 heterocycles. The molecule has 10 nitrogen and oxygen atoms in total. The molecule has 2 amide bonds. The number of benzene rings is 2. The molecule has 1 saturated heterocycles. The summed E-state index contributed by atoms with van der Waals surface area (Å²) in [7, 11) is 3.11. The van der Waals surface area contributed by atoms with Gasteiger partial charge < -0.3 is 24.4 Å². The Balaban J connectivity index is 1.72. The van der Waals surface area contributed by atoms with Crippen LogP contribution in [0.5, 0.6) is 11.5 Å². The number of carbonyl (C=O) groups excluding carboxylic acids is 2. The van der Waals surface area contributed by atoms with E-state index in [-0.39, 0.29) is 31.0 Å². The van der Waals surface area contributed by atoms with Crippen molar-refractivity contribution in [3.63, 3.8) is 0 Å². The van der Waals surface area contributed by atoms with Crippen molar-refractivity contribution in [1.82, 2.24) is 25.2 Å². The Morgan fingerprint density at radius 1 is 1.18 bits per heavy atom. The quantitative estimate of drug-likeness (QED) is 0.388. The van der Waals surface area contributed by atoms with Gasteiger partial charge in [-0.25, -0.2) is 4.68 Å². The molecule has 2 unspecified atom stereocenters. The number of fused-ring (bicyclic) bond motifs is 1. The average molecular weight is 524 g/mol. The van der Waals surface area contributed by atoms with Gasteiger partial charge in [0.05, 0.1) is 25.8 Å². The van der Waals surface area contributed by atoms with E-state index in [9.17, 15) is 9.59 Å². The predicted molar refractivity (Wildman–Crippen MR) is 143 cm³/mol. The third-order valence-electron chi connectivity index (χ3n) is 6.77. The molecule has 10 heteroatoms. The monoisotopic (exact) mass is 523 g/mol. The summed E-state index contributed by atoms with van der Waals surface area (Å²) < 4.78 is 18.5. The van der Waals surface area contributed by atoms with Gasteiger partial charge in [0.2, 0.25) is 11.8 Å². The second-order valence-corrected chi connectivity index (χ2v) is 9.90. The fourth-order valence-corrected chi connectivity index (χ4v) is 4.69. The number of carbonyl (C=O) groups is 2. The highest BCUT2D eigenvalue weighted by molar-refractivity contribution is 5.90. The average Bonchev–Trinajstić information content (AvgIpc) is 3.58. The fraction of sp³-hybridized carbons (Fsp3) is 0.500. The van der Waals surface area contributed by atoms with E-state index in [0.29, 0.717) is 41.6 Å². The van der Waals surface area contributed by atoms with Crippen molar-refractivity contribution in [2.45, 2.75) is 51.8 Å². The van der Waals surface area contributed by atoms with E-state index < -0.39 is 6.04 Å². The summed E-state index contributed by atoms with van der Waals surface area (Å²) >= 11 is 0. The molecule has 1 fully saturated rings. The molecule has 4 rings (SSSR count). The lowest BCUT2D eigenvalue weighted by Crippen LogP contribution is -2.48. The Kier molecular flexibility index (Phi) is 9.17. The molecular formula is C28H37N5O5. The Bertz CT molecular complexity index is 1240. The lowest BCUT2D eigenvalue weighted by atomic mass is 10.0. The summed E-state index contributed by atoms with van der Waals surface area (Å²) in [5.74, 6) is 0.941. The second-order valence-electron chi connectivity index (χ2n) is 9.90. The van der Waals surface area contributed by atoms with Gasteiger partial charge in [-0.2, -0.15) is 0 Å². The van der Waals surface area contributed by atoms with Crippen LogP contribution in [0, 0.1) is 5.92 Å². The first kappa shape index (κ1) is 27.4. The maximum Gasteiger partial charge on any atom is 0.247 e. The molecule has 0 saturated carbocycles. The Hall–Kier alpha value is -3.66. The topological polar surface area (TPSA) is 108 Å². The normalized spacial score (nSPS) is 16.0. The summed E-state index contributed by atoms with van der Waals surface area (Å²) in [6, 6.07) is 11.8. The van der Waals surface area contributed by atoms with Crippen molar-refractivity contribution in [1.29, 1.82) is 0 Å². The van der Waals surface area contributed by atoms with Crippen LogP contribution in [0.2, 0.25) is 0 Å². The van der Waals surface area contributed by atoms with Crippen LogP contribution >= 0.6 is 0 Å². The van der Waals surface area contributed by atoms with Crippen LogP contribution in [0.15, 0.2) is 42.5 Å². The molecular weight excluding hydrogens is 486 g/mol. The van der Waals surface area contributed by atoms with Gasteiger partial charge in [0.15, 0.2) is 0 Å². The molecule has 38 heavy (non-hydrogen) atoms. The number of nitrogens with zero attached hydrogens (tertiary/aromatic N) is 4. The van der Waals surface area contributed by atoms with Crippen LogP contribution in [-0.2, 0) is 20.9 Å². The van der Waals surface area contributed by atoms with Gasteiger partial charge in [-0.15, -0.1) is 5.10 Å². The number of hydrogen-bond donors (Lipinski definition) is 1. The zero-order valence-electron chi connectivity index (χ0n) is 22.6. The second kappa shape index (κ2) is 12.7. The number of nitrogens with one attached hydrogen (secondary N) is 1.